The van der Waals surface area contributed by atoms with Crippen molar-refractivity contribution in [2.75, 3.05) is 0 Å². The Bertz CT molecular complexity index is 215. The summed E-state index contributed by atoms with van der Waals surface area (Å²) in [6.45, 7) is 4.92. The first-order chi connectivity index (χ1) is 5.58. The average molecular weight is 184 g/mol. The van der Waals surface area contributed by atoms with Crippen molar-refractivity contribution in [3.8, 4) is 0 Å². The molecule has 4 heteroatoms. The SMILES string of the molecule is C[Si](C)(O)CCCn1ccnc1. The van der Waals surface area contributed by atoms with Crippen molar-refractivity contribution in [2.24, 2.45) is 0 Å². The first kappa shape index (κ1) is 9.47. The molecular formula is C8H16N2OSi. The molecule has 0 fully saturated rings. The van der Waals surface area contributed by atoms with E-state index in [-0.39, 0.29) is 0 Å². The van der Waals surface area contributed by atoms with Crippen LogP contribution in [0.1, 0.15) is 6.42 Å². The number of hydrogen-bond donors (Lipinski definition) is 1. The lowest BCUT2D eigenvalue weighted by molar-refractivity contribution is 0.536. The van der Waals surface area contributed by atoms with Gasteiger partial charge < -0.3 is 9.36 Å². The van der Waals surface area contributed by atoms with E-state index >= 15 is 0 Å². The van der Waals surface area contributed by atoms with Crippen molar-refractivity contribution in [1.29, 1.82) is 0 Å². The van der Waals surface area contributed by atoms with E-state index in [1.54, 1.807) is 6.20 Å². The van der Waals surface area contributed by atoms with Gasteiger partial charge >= 0.3 is 0 Å². The smallest absolute Gasteiger partial charge is 0.182 e. The fraction of sp³-hybridized carbons (Fsp3) is 0.625. The molecule has 0 spiro atoms. The molecule has 0 unspecified atom stereocenters. The molecule has 0 saturated carbocycles. The Hall–Kier alpha value is -0.613. The highest BCUT2D eigenvalue weighted by molar-refractivity contribution is 6.69. The van der Waals surface area contributed by atoms with Gasteiger partial charge in [0, 0.05) is 18.9 Å². The number of aromatic nitrogens is 2. The molecular weight excluding hydrogens is 168 g/mol. The fourth-order valence-corrected chi connectivity index (χ4v) is 2.14. The molecule has 0 radical (unpaired) electrons. The molecule has 0 amide bonds. The third-order valence-corrected chi connectivity index (χ3v) is 3.34. The summed E-state index contributed by atoms with van der Waals surface area (Å²) in [7, 11) is -1.82. The molecule has 1 heterocycles. The summed E-state index contributed by atoms with van der Waals surface area (Å²) in [5.74, 6) is 0. The molecule has 0 aromatic carbocycles. The lowest BCUT2D eigenvalue weighted by Gasteiger charge is -2.13. The molecule has 1 rings (SSSR count). The van der Waals surface area contributed by atoms with Gasteiger partial charge in [-0.15, -0.1) is 0 Å². The van der Waals surface area contributed by atoms with Crippen LogP contribution in [0.3, 0.4) is 0 Å². The molecule has 0 aliphatic carbocycles. The van der Waals surface area contributed by atoms with Crippen LogP contribution in [0, 0.1) is 0 Å². The molecule has 0 saturated heterocycles. The first-order valence-corrected chi connectivity index (χ1v) is 7.41. The summed E-state index contributed by atoms with van der Waals surface area (Å²) in [6, 6.07) is 0.963. The van der Waals surface area contributed by atoms with Gasteiger partial charge in [0.2, 0.25) is 0 Å². The highest BCUT2D eigenvalue weighted by Gasteiger charge is 2.15. The number of aryl methyl sites for hydroxylation is 1. The number of nitrogens with zero attached hydrogens (tertiary/aromatic N) is 2. The van der Waals surface area contributed by atoms with E-state index in [9.17, 15) is 4.80 Å². The lowest BCUT2D eigenvalue weighted by atomic mass is 10.5. The molecule has 12 heavy (non-hydrogen) atoms. The normalized spacial score (nSPS) is 11.9. The first-order valence-electron chi connectivity index (χ1n) is 4.26. The van der Waals surface area contributed by atoms with Crippen molar-refractivity contribution in [3.05, 3.63) is 18.7 Å². The second-order valence-corrected chi connectivity index (χ2v) is 7.84. The Balaban J connectivity index is 2.20. The van der Waals surface area contributed by atoms with Crippen LogP contribution >= 0.6 is 0 Å². The molecule has 0 aliphatic heterocycles. The van der Waals surface area contributed by atoms with E-state index in [0.29, 0.717) is 0 Å². The Labute approximate surface area is 74.2 Å². The summed E-state index contributed by atoms with van der Waals surface area (Å²) >= 11 is 0. The van der Waals surface area contributed by atoms with Gasteiger partial charge in [0.25, 0.3) is 0 Å². The maximum Gasteiger partial charge on any atom is 0.182 e. The third kappa shape index (κ3) is 3.68. The van der Waals surface area contributed by atoms with Gasteiger partial charge in [-0.1, -0.05) is 0 Å². The van der Waals surface area contributed by atoms with Gasteiger partial charge in [-0.3, -0.25) is 0 Å². The van der Waals surface area contributed by atoms with E-state index in [1.807, 2.05) is 30.2 Å². The van der Waals surface area contributed by atoms with Crippen LogP contribution in [0.5, 0.6) is 0 Å². The van der Waals surface area contributed by atoms with E-state index in [4.69, 9.17) is 0 Å². The topological polar surface area (TPSA) is 38.0 Å². The van der Waals surface area contributed by atoms with Crippen molar-refractivity contribution in [1.82, 2.24) is 9.55 Å². The van der Waals surface area contributed by atoms with Crippen LogP contribution in [0.4, 0.5) is 0 Å². The minimum Gasteiger partial charge on any atom is -0.432 e. The lowest BCUT2D eigenvalue weighted by Crippen LogP contribution is -2.24. The maximum absolute atomic E-state index is 9.56. The minimum atomic E-state index is -1.82. The van der Waals surface area contributed by atoms with Crippen molar-refractivity contribution in [2.45, 2.75) is 32.1 Å². The zero-order valence-corrected chi connectivity index (χ0v) is 8.70. The Morgan fingerprint density at radius 3 is 2.75 bits per heavy atom. The van der Waals surface area contributed by atoms with Crippen LogP contribution in [0.25, 0.3) is 0 Å². The fourth-order valence-electron chi connectivity index (χ4n) is 1.11. The van der Waals surface area contributed by atoms with E-state index in [2.05, 4.69) is 4.98 Å². The van der Waals surface area contributed by atoms with Crippen LogP contribution in [-0.2, 0) is 6.54 Å². The summed E-state index contributed by atoms with van der Waals surface area (Å²) in [5.41, 5.74) is 0. The van der Waals surface area contributed by atoms with E-state index < -0.39 is 8.32 Å². The molecule has 0 atom stereocenters. The van der Waals surface area contributed by atoms with Crippen molar-refractivity contribution < 1.29 is 4.80 Å². The predicted molar refractivity (Wildman–Crippen MR) is 51.4 cm³/mol. The molecule has 1 N–H and O–H groups in total. The van der Waals surface area contributed by atoms with Crippen LogP contribution < -0.4 is 0 Å². The standard InChI is InChI=1S/C8H16N2OSi/c1-12(2,11)7-3-5-10-6-4-9-8-10/h4,6,8,11H,3,5,7H2,1-2H3. The average Bonchev–Trinajstić information content (AvgIpc) is 2.36. The quantitative estimate of drug-likeness (QED) is 0.720. The molecule has 1 aromatic heterocycles. The molecule has 0 bridgehead atoms. The second-order valence-electron chi connectivity index (χ2n) is 3.72. The highest BCUT2D eigenvalue weighted by atomic mass is 28.4. The van der Waals surface area contributed by atoms with Gasteiger partial charge in [-0.05, 0) is 25.6 Å². The minimum absolute atomic E-state index is 0.963. The molecule has 3 nitrogen and oxygen atoms in total. The van der Waals surface area contributed by atoms with Gasteiger partial charge in [-0.2, -0.15) is 0 Å². The monoisotopic (exact) mass is 184 g/mol. The number of rotatable bonds is 4. The Morgan fingerprint density at radius 2 is 2.25 bits per heavy atom. The molecule has 0 aliphatic rings. The van der Waals surface area contributed by atoms with Crippen molar-refractivity contribution >= 4 is 8.32 Å². The van der Waals surface area contributed by atoms with Gasteiger partial charge in [-0.25, -0.2) is 4.98 Å². The summed E-state index contributed by atoms with van der Waals surface area (Å²) in [6.07, 6.45) is 6.59. The van der Waals surface area contributed by atoms with Gasteiger partial charge in [0.05, 0.1) is 6.33 Å². The Morgan fingerprint density at radius 1 is 1.50 bits per heavy atom. The van der Waals surface area contributed by atoms with Gasteiger partial charge in [0.1, 0.15) is 0 Å². The summed E-state index contributed by atoms with van der Waals surface area (Å²) < 4.78 is 2.04. The zero-order chi connectivity index (χ0) is 9.03. The maximum atomic E-state index is 9.56. The highest BCUT2D eigenvalue weighted by Crippen LogP contribution is 2.08. The number of hydrogen-bond acceptors (Lipinski definition) is 2. The van der Waals surface area contributed by atoms with Crippen LogP contribution in [-0.4, -0.2) is 22.7 Å². The van der Waals surface area contributed by atoms with Gasteiger partial charge in [0.15, 0.2) is 8.32 Å². The van der Waals surface area contributed by atoms with E-state index in [0.717, 1.165) is 19.0 Å². The van der Waals surface area contributed by atoms with Crippen LogP contribution in [0.2, 0.25) is 19.1 Å². The largest absolute Gasteiger partial charge is 0.432 e. The van der Waals surface area contributed by atoms with E-state index in [1.165, 1.54) is 0 Å². The molecule has 68 valence electrons. The van der Waals surface area contributed by atoms with Crippen molar-refractivity contribution in [3.63, 3.8) is 0 Å². The summed E-state index contributed by atoms with van der Waals surface area (Å²) in [4.78, 5) is 13.5. The summed E-state index contributed by atoms with van der Waals surface area (Å²) in [5, 5.41) is 0. The predicted octanol–water partition coefficient (Wildman–Crippen LogP) is 1.47. The van der Waals surface area contributed by atoms with Crippen LogP contribution in [0.15, 0.2) is 18.7 Å². The number of imidazole rings is 1. The Kier molecular flexibility index (Phi) is 3.05. The zero-order valence-electron chi connectivity index (χ0n) is 7.70. The molecule has 1 aromatic rings. The third-order valence-electron chi connectivity index (χ3n) is 1.76. The second kappa shape index (κ2) is 3.87.